The van der Waals surface area contributed by atoms with Crippen LogP contribution in [0.4, 0.5) is 0 Å². The van der Waals surface area contributed by atoms with Crippen LogP contribution in [0.5, 0.6) is 0 Å². The Morgan fingerprint density at radius 2 is 2.17 bits per heavy atom. The molecule has 0 unspecified atom stereocenters. The number of carbonyl (C=O) groups excluding carboxylic acids is 1. The average molecular weight is 305 g/mol. The molecule has 0 spiro atoms. The van der Waals surface area contributed by atoms with Gasteiger partial charge in [-0.1, -0.05) is 40.7 Å². The number of fused-ring (bicyclic) bond motifs is 1. The SMILES string of the molecule is C=C(Br)CNC(=O)c1cc(C)nc2ccccc12. The van der Waals surface area contributed by atoms with E-state index in [1.807, 2.05) is 31.2 Å². The summed E-state index contributed by atoms with van der Waals surface area (Å²) in [6.45, 7) is 5.98. The van der Waals surface area contributed by atoms with Crippen molar-refractivity contribution in [1.29, 1.82) is 0 Å². The third kappa shape index (κ3) is 2.76. The number of aromatic nitrogens is 1. The number of hydrogen-bond donors (Lipinski definition) is 1. The predicted molar refractivity (Wildman–Crippen MR) is 76.9 cm³/mol. The van der Waals surface area contributed by atoms with Crippen molar-refractivity contribution in [2.24, 2.45) is 0 Å². The molecule has 92 valence electrons. The van der Waals surface area contributed by atoms with E-state index in [0.29, 0.717) is 12.1 Å². The van der Waals surface area contributed by atoms with Crippen molar-refractivity contribution in [3.05, 3.63) is 52.7 Å². The zero-order chi connectivity index (χ0) is 13.1. The van der Waals surface area contributed by atoms with Crippen LogP contribution in [0.3, 0.4) is 0 Å². The van der Waals surface area contributed by atoms with E-state index in [1.165, 1.54) is 0 Å². The molecule has 0 radical (unpaired) electrons. The summed E-state index contributed by atoms with van der Waals surface area (Å²) in [6, 6.07) is 9.42. The van der Waals surface area contributed by atoms with Crippen molar-refractivity contribution in [3.8, 4) is 0 Å². The zero-order valence-corrected chi connectivity index (χ0v) is 11.6. The van der Waals surface area contributed by atoms with E-state index in [0.717, 1.165) is 21.1 Å². The Bertz CT molecular complexity index is 622. The summed E-state index contributed by atoms with van der Waals surface area (Å²) < 4.78 is 0.742. The third-order valence-electron chi connectivity index (χ3n) is 2.53. The summed E-state index contributed by atoms with van der Waals surface area (Å²) in [5.74, 6) is -0.114. The number of carbonyl (C=O) groups is 1. The van der Waals surface area contributed by atoms with Crippen LogP contribution in [0.15, 0.2) is 41.4 Å². The molecule has 0 atom stereocenters. The van der Waals surface area contributed by atoms with E-state index >= 15 is 0 Å². The standard InChI is InChI=1S/C14H13BrN2O/c1-9(15)8-16-14(18)12-7-10(2)17-13-6-4-3-5-11(12)13/h3-7H,1,8H2,2H3,(H,16,18). The van der Waals surface area contributed by atoms with Crippen LogP contribution in [0, 0.1) is 6.92 Å². The molecule has 4 heteroatoms. The van der Waals surface area contributed by atoms with Crippen LogP contribution >= 0.6 is 15.9 Å². The first-order valence-corrected chi connectivity index (χ1v) is 6.35. The number of pyridine rings is 1. The first-order valence-electron chi connectivity index (χ1n) is 5.56. The number of para-hydroxylation sites is 1. The van der Waals surface area contributed by atoms with Crippen LogP contribution in [0.1, 0.15) is 16.1 Å². The molecule has 0 bridgehead atoms. The topological polar surface area (TPSA) is 42.0 Å². The summed E-state index contributed by atoms with van der Waals surface area (Å²) >= 11 is 3.22. The molecule has 1 aromatic carbocycles. The van der Waals surface area contributed by atoms with Crippen molar-refractivity contribution in [3.63, 3.8) is 0 Å². The van der Waals surface area contributed by atoms with Gasteiger partial charge in [-0.25, -0.2) is 0 Å². The van der Waals surface area contributed by atoms with Gasteiger partial charge in [-0.3, -0.25) is 9.78 Å². The molecule has 2 aromatic rings. The molecule has 18 heavy (non-hydrogen) atoms. The molecule has 2 rings (SSSR count). The van der Waals surface area contributed by atoms with E-state index in [2.05, 4.69) is 32.8 Å². The fourth-order valence-corrected chi connectivity index (χ4v) is 1.91. The fraction of sp³-hybridized carbons (Fsp3) is 0.143. The van der Waals surface area contributed by atoms with E-state index in [1.54, 1.807) is 6.07 Å². The second-order valence-electron chi connectivity index (χ2n) is 4.03. The molecule has 0 aliphatic heterocycles. The Labute approximate surface area is 114 Å². The maximum atomic E-state index is 12.1. The lowest BCUT2D eigenvalue weighted by Crippen LogP contribution is -2.24. The van der Waals surface area contributed by atoms with Gasteiger partial charge in [0.1, 0.15) is 0 Å². The van der Waals surface area contributed by atoms with Crippen LogP contribution in [-0.2, 0) is 0 Å². The highest BCUT2D eigenvalue weighted by Crippen LogP contribution is 2.18. The first-order chi connectivity index (χ1) is 8.58. The number of halogens is 1. The molecule has 1 amide bonds. The largest absolute Gasteiger partial charge is 0.347 e. The summed E-state index contributed by atoms with van der Waals surface area (Å²) in [6.07, 6.45) is 0. The molecule has 0 saturated heterocycles. The van der Waals surface area contributed by atoms with Gasteiger partial charge < -0.3 is 5.32 Å². The molecule has 1 N–H and O–H groups in total. The Kier molecular flexibility index (Phi) is 3.77. The van der Waals surface area contributed by atoms with Crippen molar-refractivity contribution >= 4 is 32.7 Å². The lowest BCUT2D eigenvalue weighted by molar-refractivity contribution is 0.0959. The van der Waals surface area contributed by atoms with Gasteiger partial charge in [0.15, 0.2) is 0 Å². The highest BCUT2D eigenvalue weighted by atomic mass is 79.9. The minimum absolute atomic E-state index is 0.114. The third-order valence-corrected chi connectivity index (χ3v) is 2.81. The molecule has 0 aliphatic rings. The van der Waals surface area contributed by atoms with Gasteiger partial charge in [0.05, 0.1) is 11.1 Å². The quantitative estimate of drug-likeness (QED) is 0.946. The van der Waals surface area contributed by atoms with Crippen LogP contribution in [0.2, 0.25) is 0 Å². The number of aryl methyl sites for hydroxylation is 1. The minimum atomic E-state index is -0.114. The van der Waals surface area contributed by atoms with Gasteiger partial charge in [-0.05, 0) is 19.1 Å². The molecule has 1 aromatic heterocycles. The van der Waals surface area contributed by atoms with Gasteiger partial charge in [0, 0.05) is 22.1 Å². The molecule has 1 heterocycles. The van der Waals surface area contributed by atoms with Crippen molar-refractivity contribution in [2.75, 3.05) is 6.54 Å². The first kappa shape index (κ1) is 12.8. The number of hydrogen-bond acceptors (Lipinski definition) is 2. The van der Waals surface area contributed by atoms with E-state index in [-0.39, 0.29) is 5.91 Å². The van der Waals surface area contributed by atoms with Gasteiger partial charge >= 0.3 is 0 Å². The average Bonchev–Trinajstić information content (AvgIpc) is 2.34. The zero-order valence-electron chi connectivity index (χ0n) is 10.0. The highest BCUT2D eigenvalue weighted by Gasteiger charge is 2.11. The Morgan fingerprint density at radius 3 is 2.89 bits per heavy atom. The van der Waals surface area contributed by atoms with Crippen LogP contribution in [0.25, 0.3) is 10.9 Å². The van der Waals surface area contributed by atoms with Gasteiger partial charge in [0.25, 0.3) is 5.91 Å². The van der Waals surface area contributed by atoms with Gasteiger partial charge in [-0.2, -0.15) is 0 Å². The second kappa shape index (κ2) is 5.31. The predicted octanol–water partition coefficient (Wildman–Crippen LogP) is 3.18. The molecular formula is C14H13BrN2O. The fourth-order valence-electron chi connectivity index (χ4n) is 1.77. The van der Waals surface area contributed by atoms with Gasteiger partial charge in [-0.15, -0.1) is 0 Å². The normalized spacial score (nSPS) is 10.3. The van der Waals surface area contributed by atoms with Crippen LogP contribution in [-0.4, -0.2) is 17.4 Å². The summed E-state index contributed by atoms with van der Waals surface area (Å²) in [7, 11) is 0. The number of rotatable bonds is 3. The summed E-state index contributed by atoms with van der Waals surface area (Å²) in [5.41, 5.74) is 2.31. The maximum Gasteiger partial charge on any atom is 0.252 e. The molecule has 0 fully saturated rings. The Hall–Kier alpha value is -1.68. The number of nitrogens with zero attached hydrogens (tertiary/aromatic N) is 1. The van der Waals surface area contributed by atoms with Gasteiger partial charge in [0.2, 0.25) is 0 Å². The molecular weight excluding hydrogens is 292 g/mol. The van der Waals surface area contributed by atoms with Crippen molar-refractivity contribution in [1.82, 2.24) is 10.3 Å². The number of nitrogens with one attached hydrogen (secondary N) is 1. The summed E-state index contributed by atoms with van der Waals surface area (Å²) in [5, 5.41) is 3.67. The lowest BCUT2D eigenvalue weighted by atomic mass is 10.1. The second-order valence-corrected chi connectivity index (χ2v) is 5.15. The lowest BCUT2D eigenvalue weighted by Gasteiger charge is -2.08. The van der Waals surface area contributed by atoms with Crippen molar-refractivity contribution < 1.29 is 4.79 Å². The van der Waals surface area contributed by atoms with Crippen molar-refractivity contribution in [2.45, 2.75) is 6.92 Å². The number of benzene rings is 1. The molecule has 0 aliphatic carbocycles. The monoisotopic (exact) mass is 304 g/mol. The van der Waals surface area contributed by atoms with E-state index in [4.69, 9.17) is 0 Å². The summed E-state index contributed by atoms with van der Waals surface area (Å²) in [4.78, 5) is 16.5. The minimum Gasteiger partial charge on any atom is -0.347 e. The molecule has 3 nitrogen and oxygen atoms in total. The van der Waals surface area contributed by atoms with Crippen LogP contribution < -0.4 is 5.32 Å². The number of amides is 1. The highest BCUT2D eigenvalue weighted by molar-refractivity contribution is 9.11. The maximum absolute atomic E-state index is 12.1. The smallest absolute Gasteiger partial charge is 0.252 e. The van der Waals surface area contributed by atoms with E-state index < -0.39 is 0 Å². The van der Waals surface area contributed by atoms with E-state index in [9.17, 15) is 4.79 Å². The Morgan fingerprint density at radius 1 is 1.44 bits per heavy atom. The molecule has 0 saturated carbocycles. The Balaban J connectivity index is 2.43.